The number of hydrogen-bond acceptors (Lipinski definition) is 7. The molecule has 1 aromatic rings. The highest BCUT2D eigenvalue weighted by Gasteiger charge is 2.22. The van der Waals surface area contributed by atoms with Crippen LogP contribution in [0.25, 0.3) is 0 Å². The van der Waals surface area contributed by atoms with Crippen molar-refractivity contribution in [2.45, 2.75) is 12.6 Å². The van der Waals surface area contributed by atoms with Gasteiger partial charge in [0.25, 0.3) is 0 Å². The van der Waals surface area contributed by atoms with Gasteiger partial charge in [0, 0.05) is 43.5 Å². The molecule has 0 bridgehead atoms. The Morgan fingerprint density at radius 1 is 1.56 bits per heavy atom. The highest BCUT2D eigenvalue weighted by molar-refractivity contribution is 6.06. The number of nitrogens with two attached hydrogens (primary N) is 2. The Kier molecular flexibility index (Phi) is 6.50. The van der Waals surface area contributed by atoms with Crippen molar-refractivity contribution >= 4 is 17.7 Å². The minimum Gasteiger partial charge on any atom is -0.403 e. The SMILES string of the molecule is CN=C/C(=C\N)NC/C(N)=C/C(=N)c1ccc(N2CC[C@H](F)C2)nc1. The van der Waals surface area contributed by atoms with E-state index in [4.69, 9.17) is 16.9 Å². The highest BCUT2D eigenvalue weighted by Crippen LogP contribution is 2.20. The Balaban J connectivity index is 1.95. The molecule has 0 aliphatic carbocycles. The number of pyridine rings is 1. The molecule has 0 unspecified atom stereocenters. The Morgan fingerprint density at radius 3 is 2.92 bits per heavy atom. The Bertz CT molecular complexity index is 679. The smallest absolute Gasteiger partial charge is 0.128 e. The molecule has 134 valence electrons. The lowest BCUT2D eigenvalue weighted by atomic mass is 10.1. The number of aromatic nitrogens is 1. The second-order valence-electron chi connectivity index (χ2n) is 5.73. The first-order chi connectivity index (χ1) is 12.0. The third-order valence-electron chi connectivity index (χ3n) is 3.79. The molecule has 0 spiro atoms. The van der Waals surface area contributed by atoms with Crippen LogP contribution in [0.5, 0.6) is 0 Å². The highest BCUT2D eigenvalue weighted by atomic mass is 19.1. The number of aliphatic imine (C=N–C) groups is 1. The van der Waals surface area contributed by atoms with Crippen LogP contribution in [0, 0.1) is 5.41 Å². The molecule has 0 amide bonds. The first-order valence-electron chi connectivity index (χ1n) is 8.01. The molecule has 1 aliphatic heterocycles. The maximum Gasteiger partial charge on any atom is 0.128 e. The summed E-state index contributed by atoms with van der Waals surface area (Å²) in [6.45, 7) is 1.39. The summed E-state index contributed by atoms with van der Waals surface area (Å²) in [6.07, 6.45) is 5.90. The molecule has 6 N–H and O–H groups in total. The van der Waals surface area contributed by atoms with E-state index >= 15 is 0 Å². The third kappa shape index (κ3) is 5.30. The van der Waals surface area contributed by atoms with Crippen molar-refractivity contribution < 1.29 is 4.39 Å². The molecule has 7 nitrogen and oxygen atoms in total. The van der Waals surface area contributed by atoms with Gasteiger partial charge in [-0.3, -0.25) is 4.99 Å². The van der Waals surface area contributed by atoms with E-state index in [-0.39, 0.29) is 5.71 Å². The zero-order chi connectivity index (χ0) is 18.2. The summed E-state index contributed by atoms with van der Waals surface area (Å²) in [6, 6.07) is 3.60. The molecular weight excluding hydrogens is 321 g/mol. The molecule has 2 rings (SSSR count). The van der Waals surface area contributed by atoms with Crippen LogP contribution in [-0.4, -0.2) is 49.8 Å². The fourth-order valence-electron chi connectivity index (χ4n) is 2.47. The monoisotopic (exact) mass is 345 g/mol. The standard InChI is InChI=1S/C17H24FN7/c1-22-10-15(7-19)23-9-14(20)6-16(21)12-2-3-17(24-8-12)25-5-4-13(18)11-25/h2-3,6-8,10,13,21,23H,4-5,9,11,19-20H2,1H3/b14-6-,15-7+,21-16?,22-10?/t13-/m0/s1. The van der Waals surface area contributed by atoms with E-state index in [1.165, 1.54) is 6.20 Å². The van der Waals surface area contributed by atoms with Gasteiger partial charge in [-0.2, -0.15) is 0 Å². The molecule has 1 saturated heterocycles. The summed E-state index contributed by atoms with van der Waals surface area (Å²) in [7, 11) is 1.65. The Hall–Kier alpha value is -2.90. The van der Waals surface area contributed by atoms with Gasteiger partial charge in [-0.1, -0.05) is 0 Å². The number of allylic oxidation sites excluding steroid dienone is 2. The summed E-state index contributed by atoms with van der Waals surface area (Å²) in [4.78, 5) is 10.1. The molecule has 0 saturated carbocycles. The van der Waals surface area contributed by atoms with E-state index in [1.807, 2.05) is 4.90 Å². The Morgan fingerprint density at radius 2 is 2.36 bits per heavy atom. The molecule has 0 aromatic carbocycles. The molecule has 1 atom stereocenters. The summed E-state index contributed by atoms with van der Waals surface area (Å²) < 4.78 is 13.3. The van der Waals surface area contributed by atoms with Gasteiger partial charge >= 0.3 is 0 Å². The summed E-state index contributed by atoms with van der Waals surface area (Å²) in [5.74, 6) is 0.729. The van der Waals surface area contributed by atoms with Gasteiger partial charge in [-0.05, 0) is 24.6 Å². The van der Waals surface area contributed by atoms with E-state index in [0.29, 0.717) is 43.0 Å². The quantitative estimate of drug-likeness (QED) is 0.549. The molecule has 1 aromatic heterocycles. The topological polar surface area (TPSA) is 116 Å². The van der Waals surface area contributed by atoms with Crippen LogP contribution in [0.15, 0.2) is 47.0 Å². The van der Waals surface area contributed by atoms with Gasteiger partial charge in [0.1, 0.15) is 12.0 Å². The van der Waals surface area contributed by atoms with Gasteiger partial charge in [0.05, 0.1) is 24.5 Å². The molecular formula is C17H24FN7. The van der Waals surface area contributed by atoms with Crippen molar-refractivity contribution in [2.75, 3.05) is 31.6 Å². The van der Waals surface area contributed by atoms with Gasteiger partial charge in [0.2, 0.25) is 0 Å². The fourth-order valence-corrected chi connectivity index (χ4v) is 2.47. The van der Waals surface area contributed by atoms with Gasteiger partial charge < -0.3 is 27.1 Å². The maximum atomic E-state index is 13.3. The fraction of sp³-hybridized carbons (Fsp3) is 0.353. The average Bonchev–Trinajstić information content (AvgIpc) is 3.05. The minimum atomic E-state index is -0.791. The second-order valence-corrected chi connectivity index (χ2v) is 5.73. The lowest BCUT2D eigenvalue weighted by molar-refractivity contribution is 0.364. The zero-order valence-corrected chi connectivity index (χ0v) is 14.2. The average molecular weight is 345 g/mol. The number of hydrogen-bond donors (Lipinski definition) is 4. The molecule has 0 radical (unpaired) electrons. The predicted molar refractivity (Wildman–Crippen MR) is 99.8 cm³/mol. The predicted octanol–water partition coefficient (Wildman–Crippen LogP) is 0.931. The minimum absolute atomic E-state index is 0.255. The van der Waals surface area contributed by atoms with E-state index in [0.717, 1.165) is 5.82 Å². The lowest BCUT2D eigenvalue weighted by Crippen LogP contribution is -2.23. The lowest BCUT2D eigenvalue weighted by Gasteiger charge is -2.16. The Labute approximate surface area is 146 Å². The number of nitrogens with one attached hydrogen (secondary N) is 2. The zero-order valence-electron chi connectivity index (χ0n) is 14.2. The van der Waals surface area contributed by atoms with Gasteiger partial charge in [-0.15, -0.1) is 0 Å². The molecule has 1 fully saturated rings. The molecule has 8 heteroatoms. The van der Waals surface area contributed by atoms with E-state index in [2.05, 4.69) is 15.3 Å². The maximum absolute atomic E-state index is 13.3. The third-order valence-corrected chi connectivity index (χ3v) is 3.79. The normalized spacial score (nSPS) is 18.8. The number of nitrogens with zero attached hydrogens (tertiary/aromatic N) is 3. The first-order valence-corrected chi connectivity index (χ1v) is 8.01. The van der Waals surface area contributed by atoms with Crippen molar-refractivity contribution in [3.05, 3.63) is 47.6 Å². The number of rotatable bonds is 7. The van der Waals surface area contributed by atoms with Crippen molar-refractivity contribution in [3.63, 3.8) is 0 Å². The first kappa shape index (κ1) is 18.4. The van der Waals surface area contributed by atoms with Crippen LogP contribution >= 0.6 is 0 Å². The summed E-state index contributed by atoms with van der Waals surface area (Å²) in [5.41, 5.74) is 13.4. The molecule has 2 heterocycles. The second kappa shape index (κ2) is 8.81. The van der Waals surface area contributed by atoms with E-state index in [9.17, 15) is 4.39 Å². The van der Waals surface area contributed by atoms with E-state index < -0.39 is 6.17 Å². The van der Waals surface area contributed by atoms with Crippen molar-refractivity contribution in [3.8, 4) is 0 Å². The van der Waals surface area contributed by atoms with Crippen molar-refractivity contribution in [2.24, 2.45) is 16.5 Å². The molecule has 1 aliphatic rings. The molecule has 25 heavy (non-hydrogen) atoms. The number of anilines is 1. The van der Waals surface area contributed by atoms with Crippen LogP contribution in [0.3, 0.4) is 0 Å². The number of halogens is 1. The van der Waals surface area contributed by atoms with Gasteiger partial charge in [-0.25, -0.2) is 9.37 Å². The number of alkyl halides is 1. The summed E-state index contributed by atoms with van der Waals surface area (Å²) in [5, 5.41) is 11.1. The van der Waals surface area contributed by atoms with Crippen LogP contribution < -0.4 is 21.7 Å². The van der Waals surface area contributed by atoms with Crippen LogP contribution in [-0.2, 0) is 0 Å². The van der Waals surface area contributed by atoms with Crippen LogP contribution in [0.2, 0.25) is 0 Å². The van der Waals surface area contributed by atoms with E-state index in [1.54, 1.807) is 37.7 Å². The summed E-state index contributed by atoms with van der Waals surface area (Å²) >= 11 is 0. The largest absolute Gasteiger partial charge is 0.403 e. The van der Waals surface area contributed by atoms with Crippen LogP contribution in [0.4, 0.5) is 10.2 Å². The van der Waals surface area contributed by atoms with Crippen molar-refractivity contribution in [1.82, 2.24) is 10.3 Å². The van der Waals surface area contributed by atoms with Crippen molar-refractivity contribution in [1.29, 1.82) is 5.41 Å². The van der Waals surface area contributed by atoms with Crippen LogP contribution in [0.1, 0.15) is 12.0 Å². The van der Waals surface area contributed by atoms with Gasteiger partial charge in [0.15, 0.2) is 0 Å².